The van der Waals surface area contributed by atoms with Crippen LogP contribution in [0, 0.1) is 0 Å². The predicted octanol–water partition coefficient (Wildman–Crippen LogP) is 3.14. The van der Waals surface area contributed by atoms with Crippen LogP contribution in [0.2, 0.25) is 0 Å². The normalized spacial score (nSPS) is 12.3. The maximum absolute atomic E-state index is 12.5. The summed E-state index contributed by atoms with van der Waals surface area (Å²) < 4.78 is 42.9. The zero-order valence-electron chi connectivity index (χ0n) is 13.8. The third-order valence-electron chi connectivity index (χ3n) is 3.23. The van der Waals surface area contributed by atoms with Gasteiger partial charge in [-0.25, -0.2) is 0 Å². The Morgan fingerprint density at radius 2 is 1.91 bits per heavy atom. The maximum Gasteiger partial charge on any atom is 0.416 e. The number of hydrogen-bond acceptors (Lipinski definition) is 2. The average Bonchev–Trinajstić information content (AvgIpc) is 2.50. The second-order valence-electron chi connectivity index (χ2n) is 5.08. The molecular formula is C16H24F3N3O. The number of nitrogens with zero attached hydrogens (tertiary/aromatic N) is 2. The number of halogens is 3. The lowest BCUT2D eigenvalue weighted by molar-refractivity contribution is -0.137. The summed E-state index contributed by atoms with van der Waals surface area (Å²) in [6, 6.07) is 5.17. The molecule has 0 saturated carbocycles. The van der Waals surface area contributed by atoms with Gasteiger partial charge in [-0.3, -0.25) is 4.99 Å². The highest BCUT2D eigenvalue weighted by Gasteiger charge is 2.29. The Kier molecular flexibility index (Phi) is 7.88. The van der Waals surface area contributed by atoms with Gasteiger partial charge < -0.3 is 15.0 Å². The van der Waals surface area contributed by atoms with E-state index in [4.69, 9.17) is 4.74 Å². The van der Waals surface area contributed by atoms with Crippen LogP contribution < -0.4 is 5.32 Å². The van der Waals surface area contributed by atoms with Gasteiger partial charge in [0.05, 0.1) is 5.56 Å². The Balaban J connectivity index is 2.51. The topological polar surface area (TPSA) is 36.9 Å². The van der Waals surface area contributed by atoms with E-state index in [1.165, 1.54) is 12.1 Å². The Morgan fingerprint density at radius 3 is 2.43 bits per heavy atom. The Bertz CT molecular complexity index is 486. The van der Waals surface area contributed by atoms with Gasteiger partial charge in [0.1, 0.15) is 0 Å². The highest BCUT2D eigenvalue weighted by atomic mass is 19.4. The number of alkyl halides is 3. The molecule has 7 heteroatoms. The van der Waals surface area contributed by atoms with Crippen molar-refractivity contribution < 1.29 is 17.9 Å². The molecule has 0 spiro atoms. The molecule has 1 aromatic carbocycles. The van der Waals surface area contributed by atoms with E-state index in [9.17, 15) is 13.2 Å². The van der Waals surface area contributed by atoms with Crippen molar-refractivity contribution >= 4 is 5.96 Å². The van der Waals surface area contributed by atoms with Crippen molar-refractivity contribution in [3.05, 3.63) is 35.4 Å². The van der Waals surface area contributed by atoms with Gasteiger partial charge in [0.15, 0.2) is 5.96 Å². The largest absolute Gasteiger partial charge is 0.416 e. The smallest absolute Gasteiger partial charge is 0.382 e. The van der Waals surface area contributed by atoms with Gasteiger partial charge in [-0.15, -0.1) is 0 Å². The van der Waals surface area contributed by atoms with Gasteiger partial charge in [-0.1, -0.05) is 12.1 Å². The fourth-order valence-electron chi connectivity index (χ4n) is 2.05. The first-order chi connectivity index (χ1) is 10.9. The Labute approximate surface area is 135 Å². The average molecular weight is 331 g/mol. The van der Waals surface area contributed by atoms with Crippen LogP contribution in [0.1, 0.15) is 24.5 Å². The SMILES string of the molecule is CCOCCCNC(=NC)N(C)Cc1ccc(C(F)(F)F)cc1. The first kappa shape index (κ1) is 19.3. The molecule has 1 aromatic rings. The molecule has 0 aliphatic carbocycles. The van der Waals surface area contributed by atoms with Crippen LogP contribution in [0.3, 0.4) is 0 Å². The van der Waals surface area contributed by atoms with Gasteiger partial charge in [-0.2, -0.15) is 13.2 Å². The molecule has 0 aliphatic rings. The van der Waals surface area contributed by atoms with Crippen LogP contribution in [0.15, 0.2) is 29.3 Å². The number of rotatable bonds is 7. The number of hydrogen-bond donors (Lipinski definition) is 1. The molecule has 0 bridgehead atoms. The Morgan fingerprint density at radius 1 is 1.26 bits per heavy atom. The van der Waals surface area contributed by atoms with Crippen LogP contribution in [-0.4, -0.2) is 44.7 Å². The van der Waals surface area contributed by atoms with E-state index in [0.29, 0.717) is 25.7 Å². The number of nitrogens with one attached hydrogen (secondary N) is 1. The third kappa shape index (κ3) is 6.90. The van der Waals surface area contributed by atoms with Crippen molar-refractivity contribution in [3.63, 3.8) is 0 Å². The van der Waals surface area contributed by atoms with Crippen molar-refractivity contribution in [1.82, 2.24) is 10.2 Å². The molecule has 0 fully saturated rings. The molecule has 1 rings (SSSR count). The first-order valence-corrected chi connectivity index (χ1v) is 7.54. The fraction of sp³-hybridized carbons (Fsp3) is 0.562. The summed E-state index contributed by atoms with van der Waals surface area (Å²) in [5, 5.41) is 3.20. The molecule has 0 unspecified atom stereocenters. The number of guanidine groups is 1. The summed E-state index contributed by atoms with van der Waals surface area (Å²) in [6.07, 6.45) is -3.44. The quantitative estimate of drug-likeness (QED) is 0.474. The molecule has 0 amide bonds. The van der Waals surface area contributed by atoms with Crippen LogP contribution in [-0.2, 0) is 17.5 Å². The van der Waals surface area contributed by atoms with E-state index >= 15 is 0 Å². The van der Waals surface area contributed by atoms with E-state index in [0.717, 1.165) is 30.7 Å². The number of benzene rings is 1. The highest BCUT2D eigenvalue weighted by molar-refractivity contribution is 5.79. The second-order valence-corrected chi connectivity index (χ2v) is 5.08. The van der Waals surface area contributed by atoms with Crippen molar-refractivity contribution in [2.45, 2.75) is 26.1 Å². The van der Waals surface area contributed by atoms with E-state index < -0.39 is 11.7 Å². The molecule has 0 atom stereocenters. The van der Waals surface area contributed by atoms with Crippen molar-refractivity contribution in [2.24, 2.45) is 4.99 Å². The molecule has 0 aliphatic heterocycles. The summed E-state index contributed by atoms with van der Waals surface area (Å²) in [7, 11) is 3.52. The summed E-state index contributed by atoms with van der Waals surface area (Å²) in [5.74, 6) is 0.696. The van der Waals surface area contributed by atoms with E-state index in [1.54, 1.807) is 7.05 Å². The summed E-state index contributed by atoms with van der Waals surface area (Å²) in [4.78, 5) is 6.03. The molecular weight excluding hydrogens is 307 g/mol. The third-order valence-corrected chi connectivity index (χ3v) is 3.23. The molecule has 23 heavy (non-hydrogen) atoms. The Hall–Kier alpha value is -1.76. The molecule has 130 valence electrons. The van der Waals surface area contributed by atoms with E-state index in [1.807, 2.05) is 18.9 Å². The monoisotopic (exact) mass is 331 g/mol. The summed E-state index contributed by atoms with van der Waals surface area (Å²) >= 11 is 0. The minimum atomic E-state index is -4.30. The van der Waals surface area contributed by atoms with Gasteiger partial charge in [0, 0.05) is 40.4 Å². The van der Waals surface area contributed by atoms with Crippen LogP contribution in [0.4, 0.5) is 13.2 Å². The minimum absolute atomic E-state index is 0.475. The summed E-state index contributed by atoms with van der Waals surface area (Å²) in [6.45, 7) is 4.53. The molecule has 0 aromatic heterocycles. The lowest BCUT2D eigenvalue weighted by Gasteiger charge is -2.22. The van der Waals surface area contributed by atoms with Crippen molar-refractivity contribution in [1.29, 1.82) is 0 Å². The molecule has 0 radical (unpaired) electrons. The second kappa shape index (κ2) is 9.39. The fourth-order valence-corrected chi connectivity index (χ4v) is 2.05. The number of aliphatic imine (C=N–C) groups is 1. The van der Waals surface area contributed by atoms with Gasteiger partial charge in [-0.05, 0) is 31.0 Å². The maximum atomic E-state index is 12.5. The first-order valence-electron chi connectivity index (χ1n) is 7.54. The van der Waals surface area contributed by atoms with Crippen LogP contribution in [0.25, 0.3) is 0 Å². The van der Waals surface area contributed by atoms with Gasteiger partial charge in [0.2, 0.25) is 0 Å². The molecule has 1 N–H and O–H groups in total. The molecule has 4 nitrogen and oxygen atoms in total. The van der Waals surface area contributed by atoms with Crippen LogP contribution in [0.5, 0.6) is 0 Å². The lowest BCUT2D eigenvalue weighted by atomic mass is 10.1. The standard InChI is InChI=1S/C16H24F3N3O/c1-4-23-11-5-10-21-15(20-2)22(3)12-13-6-8-14(9-7-13)16(17,18)19/h6-9H,4-5,10-12H2,1-3H3,(H,20,21). The molecule has 0 heterocycles. The zero-order chi connectivity index (χ0) is 17.3. The van der Waals surface area contributed by atoms with E-state index in [-0.39, 0.29) is 0 Å². The molecule has 0 saturated heterocycles. The highest BCUT2D eigenvalue weighted by Crippen LogP contribution is 2.29. The van der Waals surface area contributed by atoms with Crippen LogP contribution >= 0.6 is 0 Å². The lowest BCUT2D eigenvalue weighted by Crippen LogP contribution is -2.39. The van der Waals surface area contributed by atoms with Gasteiger partial charge >= 0.3 is 6.18 Å². The zero-order valence-corrected chi connectivity index (χ0v) is 13.8. The van der Waals surface area contributed by atoms with E-state index in [2.05, 4.69) is 10.3 Å². The van der Waals surface area contributed by atoms with Gasteiger partial charge in [0.25, 0.3) is 0 Å². The minimum Gasteiger partial charge on any atom is -0.382 e. The predicted molar refractivity (Wildman–Crippen MR) is 85.4 cm³/mol. The van der Waals surface area contributed by atoms with Crippen molar-refractivity contribution in [2.75, 3.05) is 33.9 Å². The number of ether oxygens (including phenoxy) is 1. The summed E-state index contributed by atoms with van der Waals surface area (Å²) in [5.41, 5.74) is 0.153. The van der Waals surface area contributed by atoms with Crippen molar-refractivity contribution in [3.8, 4) is 0 Å².